The van der Waals surface area contributed by atoms with Crippen molar-refractivity contribution in [1.82, 2.24) is 4.98 Å². The largest absolute Gasteiger partial charge is 0.474 e. The summed E-state index contributed by atoms with van der Waals surface area (Å²) >= 11 is 0. The first-order chi connectivity index (χ1) is 10.6. The first-order valence-electron chi connectivity index (χ1n) is 8.91. The molecule has 0 radical (unpaired) electrons. The normalized spacial score (nSPS) is 22.3. The van der Waals surface area contributed by atoms with Gasteiger partial charge in [0.25, 0.3) is 0 Å². The van der Waals surface area contributed by atoms with E-state index >= 15 is 0 Å². The second-order valence-electron chi connectivity index (χ2n) is 8.80. The van der Waals surface area contributed by atoms with Gasteiger partial charge < -0.3 is 9.47 Å². The summed E-state index contributed by atoms with van der Waals surface area (Å²) in [5, 5.41) is 0. The minimum atomic E-state index is -0.0345. The van der Waals surface area contributed by atoms with Crippen molar-refractivity contribution < 1.29 is 9.47 Å². The van der Waals surface area contributed by atoms with Gasteiger partial charge in [0.1, 0.15) is 6.10 Å². The quantitative estimate of drug-likeness (QED) is 0.753. The van der Waals surface area contributed by atoms with Gasteiger partial charge >= 0.3 is 0 Å². The summed E-state index contributed by atoms with van der Waals surface area (Å²) < 4.78 is 11.9. The van der Waals surface area contributed by atoms with Gasteiger partial charge in [-0.05, 0) is 63.4 Å². The van der Waals surface area contributed by atoms with E-state index in [2.05, 4.69) is 52.6 Å². The zero-order valence-corrected chi connectivity index (χ0v) is 15.7. The molecule has 0 aliphatic heterocycles. The van der Waals surface area contributed by atoms with Crippen molar-refractivity contribution in [2.45, 2.75) is 84.3 Å². The molecule has 0 saturated heterocycles. The van der Waals surface area contributed by atoms with Gasteiger partial charge in [-0.2, -0.15) is 0 Å². The Morgan fingerprint density at radius 3 is 2.39 bits per heavy atom. The average Bonchev–Trinajstić information content (AvgIpc) is 2.84. The molecule has 1 aliphatic rings. The molecule has 1 saturated carbocycles. The number of hydrogen-bond acceptors (Lipinski definition) is 3. The van der Waals surface area contributed by atoms with Crippen LogP contribution in [0.25, 0.3) is 0 Å². The molecule has 3 heteroatoms. The maximum absolute atomic E-state index is 6.07. The van der Waals surface area contributed by atoms with Crippen molar-refractivity contribution in [3.8, 4) is 5.88 Å². The van der Waals surface area contributed by atoms with Crippen molar-refractivity contribution in [3.05, 3.63) is 23.9 Å². The first kappa shape index (κ1) is 18.3. The molecular weight excluding hydrogens is 286 g/mol. The molecule has 1 aromatic rings. The Morgan fingerprint density at radius 1 is 1.09 bits per heavy atom. The molecule has 0 bridgehead atoms. The highest BCUT2D eigenvalue weighted by Gasteiger charge is 2.27. The van der Waals surface area contributed by atoms with E-state index in [0.717, 1.165) is 37.7 Å². The number of nitrogens with zero attached hydrogens (tertiary/aromatic N) is 1. The summed E-state index contributed by atoms with van der Waals surface area (Å²) in [4.78, 5) is 4.48. The van der Waals surface area contributed by atoms with Gasteiger partial charge in [0.05, 0.1) is 5.60 Å². The van der Waals surface area contributed by atoms with E-state index in [9.17, 15) is 0 Å². The summed E-state index contributed by atoms with van der Waals surface area (Å²) in [6.07, 6.45) is 6.87. The zero-order chi connectivity index (χ0) is 17.1. The zero-order valence-electron chi connectivity index (χ0n) is 15.7. The molecule has 1 aliphatic carbocycles. The van der Waals surface area contributed by atoms with Crippen LogP contribution in [0.4, 0.5) is 0 Å². The van der Waals surface area contributed by atoms with E-state index in [1.807, 2.05) is 12.3 Å². The van der Waals surface area contributed by atoms with E-state index < -0.39 is 0 Å². The molecule has 23 heavy (non-hydrogen) atoms. The summed E-state index contributed by atoms with van der Waals surface area (Å²) in [5.41, 5.74) is 1.35. The minimum Gasteiger partial charge on any atom is -0.474 e. The molecule has 2 atom stereocenters. The molecule has 0 aromatic carbocycles. The second-order valence-corrected chi connectivity index (χ2v) is 8.80. The topological polar surface area (TPSA) is 31.4 Å². The molecule has 130 valence electrons. The number of aromatic nitrogens is 1. The lowest BCUT2D eigenvalue weighted by Crippen LogP contribution is -2.21. The van der Waals surface area contributed by atoms with Gasteiger partial charge in [-0.3, -0.25) is 0 Å². The Bertz CT molecular complexity index is 482. The van der Waals surface area contributed by atoms with Crippen molar-refractivity contribution in [2.24, 2.45) is 5.92 Å². The molecule has 1 fully saturated rings. The lowest BCUT2D eigenvalue weighted by molar-refractivity contribution is -0.00933. The average molecular weight is 319 g/mol. The number of hydrogen-bond donors (Lipinski definition) is 0. The molecule has 0 spiro atoms. The Kier molecular flexibility index (Phi) is 5.72. The monoisotopic (exact) mass is 319 g/mol. The molecule has 1 aromatic heterocycles. The Labute approximate surface area is 141 Å². The van der Waals surface area contributed by atoms with Crippen LogP contribution in [0.3, 0.4) is 0 Å². The highest BCUT2D eigenvalue weighted by atomic mass is 16.5. The van der Waals surface area contributed by atoms with Gasteiger partial charge in [-0.15, -0.1) is 0 Å². The van der Waals surface area contributed by atoms with Crippen molar-refractivity contribution in [3.63, 3.8) is 0 Å². The van der Waals surface area contributed by atoms with Crippen LogP contribution in [0.2, 0.25) is 0 Å². The Balaban J connectivity index is 1.77. The highest BCUT2D eigenvalue weighted by molar-refractivity contribution is 5.23. The molecular formula is C20H33NO2. The Morgan fingerprint density at radius 2 is 1.83 bits per heavy atom. The number of pyridine rings is 1. The van der Waals surface area contributed by atoms with Crippen molar-refractivity contribution in [1.29, 1.82) is 0 Å². The highest BCUT2D eigenvalue weighted by Crippen LogP contribution is 2.31. The minimum absolute atomic E-state index is 0.0345. The van der Waals surface area contributed by atoms with Gasteiger partial charge in [-0.1, -0.05) is 26.8 Å². The predicted molar refractivity (Wildman–Crippen MR) is 95.0 cm³/mol. The van der Waals surface area contributed by atoms with Crippen molar-refractivity contribution >= 4 is 0 Å². The van der Waals surface area contributed by atoms with E-state index in [1.165, 1.54) is 12.0 Å². The van der Waals surface area contributed by atoms with E-state index in [-0.39, 0.29) is 11.0 Å². The van der Waals surface area contributed by atoms with Crippen LogP contribution in [0.1, 0.15) is 72.8 Å². The number of rotatable bonds is 5. The van der Waals surface area contributed by atoms with Gasteiger partial charge in [0.2, 0.25) is 5.88 Å². The van der Waals surface area contributed by atoms with Gasteiger partial charge in [-0.25, -0.2) is 4.98 Å². The first-order valence-corrected chi connectivity index (χ1v) is 8.91. The van der Waals surface area contributed by atoms with Crippen LogP contribution >= 0.6 is 0 Å². The lowest BCUT2D eigenvalue weighted by Gasteiger charge is -2.21. The third kappa shape index (κ3) is 6.14. The molecule has 0 amide bonds. The van der Waals surface area contributed by atoms with E-state index in [1.54, 1.807) is 0 Å². The fourth-order valence-corrected chi connectivity index (χ4v) is 2.99. The summed E-state index contributed by atoms with van der Waals surface area (Å²) in [7, 11) is 0. The molecule has 3 nitrogen and oxygen atoms in total. The maximum Gasteiger partial charge on any atom is 0.213 e. The summed E-state index contributed by atoms with van der Waals surface area (Å²) in [6, 6.07) is 4.14. The number of ether oxygens (including phenoxy) is 2. The fourth-order valence-electron chi connectivity index (χ4n) is 2.99. The fraction of sp³-hybridized carbons (Fsp3) is 0.750. The Hall–Kier alpha value is -1.09. The van der Waals surface area contributed by atoms with Crippen molar-refractivity contribution in [2.75, 3.05) is 6.61 Å². The van der Waals surface area contributed by atoms with Gasteiger partial charge in [0.15, 0.2) is 0 Å². The lowest BCUT2D eigenvalue weighted by atomic mass is 9.88. The van der Waals surface area contributed by atoms with Crippen LogP contribution in [0.15, 0.2) is 18.3 Å². The van der Waals surface area contributed by atoms with Gasteiger partial charge in [0, 0.05) is 18.9 Å². The summed E-state index contributed by atoms with van der Waals surface area (Å²) in [5.74, 6) is 1.48. The van der Waals surface area contributed by atoms with Crippen LogP contribution in [-0.4, -0.2) is 23.3 Å². The predicted octanol–water partition coefficient (Wildman–Crippen LogP) is 5.13. The SMILES string of the molecule is CC(C)(C)OCCC1CCC(Oc2ccc(C(C)(C)C)cn2)C1. The van der Waals surface area contributed by atoms with Crippen LogP contribution in [-0.2, 0) is 10.2 Å². The molecule has 2 unspecified atom stereocenters. The van der Waals surface area contributed by atoms with E-state index in [4.69, 9.17) is 9.47 Å². The van der Waals surface area contributed by atoms with E-state index in [0.29, 0.717) is 6.10 Å². The molecule has 2 rings (SSSR count). The van der Waals surface area contributed by atoms with Crippen LogP contribution in [0, 0.1) is 5.92 Å². The second kappa shape index (κ2) is 7.21. The van der Waals surface area contributed by atoms with Crippen LogP contribution < -0.4 is 4.74 Å². The summed E-state index contributed by atoms with van der Waals surface area (Å²) in [6.45, 7) is 13.8. The van der Waals surface area contributed by atoms with Crippen LogP contribution in [0.5, 0.6) is 5.88 Å². The third-order valence-electron chi connectivity index (χ3n) is 4.44. The smallest absolute Gasteiger partial charge is 0.213 e. The maximum atomic E-state index is 6.07. The standard InChI is InChI=1S/C20H33NO2/c1-19(2,3)16-8-10-18(21-14-16)23-17-9-7-15(13-17)11-12-22-20(4,5)6/h8,10,14-15,17H,7,9,11-13H2,1-6H3. The molecule has 0 N–H and O–H groups in total. The molecule has 1 heterocycles. The third-order valence-corrected chi connectivity index (χ3v) is 4.44.